The SMILES string of the molecule is Cc1ccc(N2C(=S)O[C@@H]3CS(=O)(=O)C[C@H]32)cc1. The maximum Gasteiger partial charge on any atom is 0.264 e. The minimum Gasteiger partial charge on any atom is -0.464 e. The van der Waals surface area contributed by atoms with Crippen LogP contribution in [0.1, 0.15) is 5.56 Å². The lowest BCUT2D eigenvalue weighted by Crippen LogP contribution is -2.36. The van der Waals surface area contributed by atoms with Crippen LogP contribution in [0.4, 0.5) is 5.69 Å². The first-order valence-electron chi connectivity index (χ1n) is 5.73. The molecule has 2 heterocycles. The lowest BCUT2D eigenvalue weighted by Gasteiger charge is -2.21. The summed E-state index contributed by atoms with van der Waals surface area (Å²) in [5.41, 5.74) is 2.05. The summed E-state index contributed by atoms with van der Waals surface area (Å²) >= 11 is 5.19. The lowest BCUT2D eigenvalue weighted by atomic mass is 10.1. The molecule has 2 aliphatic rings. The maximum atomic E-state index is 11.6. The lowest BCUT2D eigenvalue weighted by molar-refractivity contribution is 0.244. The zero-order valence-corrected chi connectivity index (χ0v) is 11.5. The predicted molar refractivity (Wildman–Crippen MR) is 73.6 cm³/mol. The summed E-state index contributed by atoms with van der Waals surface area (Å²) in [4.78, 5) is 1.82. The molecule has 0 radical (unpaired) electrons. The standard InChI is InChI=1S/C12H13NO3S2/c1-8-2-4-9(5-3-8)13-10-6-18(14,15)7-11(10)16-12(13)17/h2-5,10-11H,6-7H2,1H3/t10-,11-/m1/s1. The summed E-state index contributed by atoms with van der Waals surface area (Å²) in [7, 11) is -3.00. The third-order valence-corrected chi connectivity index (χ3v) is 5.34. The van der Waals surface area contributed by atoms with E-state index >= 15 is 0 Å². The highest BCUT2D eigenvalue weighted by Gasteiger charge is 2.49. The molecule has 0 spiro atoms. The van der Waals surface area contributed by atoms with E-state index in [0.717, 1.165) is 11.3 Å². The Balaban J connectivity index is 1.96. The molecule has 18 heavy (non-hydrogen) atoms. The molecule has 0 unspecified atom stereocenters. The summed E-state index contributed by atoms with van der Waals surface area (Å²) < 4.78 is 28.8. The average Bonchev–Trinajstić information content (AvgIpc) is 2.70. The molecule has 2 aliphatic heterocycles. The van der Waals surface area contributed by atoms with E-state index in [0.29, 0.717) is 5.17 Å². The summed E-state index contributed by atoms with van der Waals surface area (Å²) in [6.45, 7) is 2.01. The average molecular weight is 283 g/mol. The molecule has 2 fully saturated rings. The molecule has 1 aromatic rings. The first-order chi connectivity index (χ1) is 8.46. The largest absolute Gasteiger partial charge is 0.464 e. The first-order valence-corrected chi connectivity index (χ1v) is 7.96. The van der Waals surface area contributed by atoms with Crippen LogP contribution < -0.4 is 4.90 Å². The monoisotopic (exact) mass is 283 g/mol. The Bertz CT molecular complexity index is 594. The van der Waals surface area contributed by atoms with Crippen molar-refractivity contribution < 1.29 is 13.2 Å². The molecular formula is C12H13NO3S2. The van der Waals surface area contributed by atoms with E-state index in [2.05, 4.69) is 0 Å². The minimum atomic E-state index is -3.00. The number of hydrogen-bond donors (Lipinski definition) is 0. The third kappa shape index (κ3) is 1.89. The van der Waals surface area contributed by atoms with Crippen LogP contribution >= 0.6 is 12.2 Å². The van der Waals surface area contributed by atoms with E-state index in [1.165, 1.54) is 0 Å². The van der Waals surface area contributed by atoms with Crippen molar-refractivity contribution in [1.82, 2.24) is 0 Å². The van der Waals surface area contributed by atoms with Crippen LogP contribution in [-0.2, 0) is 14.6 Å². The van der Waals surface area contributed by atoms with Crippen LogP contribution in [0, 0.1) is 6.92 Å². The van der Waals surface area contributed by atoms with Gasteiger partial charge in [-0.25, -0.2) is 8.42 Å². The van der Waals surface area contributed by atoms with Crippen LogP contribution in [0.3, 0.4) is 0 Å². The maximum absolute atomic E-state index is 11.6. The number of benzene rings is 1. The highest BCUT2D eigenvalue weighted by Crippen LogP contribution is 2.32. The molecule has 1 aromatic carbocycles. The fourth-order valence-electron chi connectivity index (χ4n) is 2.47. The van der Waals surface area contributed by atoms with Crippen molar-refractivity contribution in [3.8, 4) is 0 Å². The number of anilines is 1. The Hall–Kier alpha value is -1.14. The Kier molecular flexibility index (Phi) is 2.60. The fourth-order valence-corrected chi connectivity index (χ4v) is 4.65. The highest BCUT2D eigenvalue weighted by atomic mass is 32.2. The molecule has 0 N–H and O–H groups in total. The third-order valence-electron chi connectivity index (χ3n) is 3.36. The van der Waals surface area contributed by atoms with Crippen molar-refractivity contribution in [2.24, 2.45) is 0 Å². The molecular weight excluding hydrogens is 270 g/mol. The number of nitrogens with zero attached hydrogens (tertiary/aromatic N) is 1. The second kappa shape index (κ2) is 3.93. The van der Waals surface area contributed by atoms with E-state index in [9.17, 15) is 8.42 Å². The predicted octanol–water partition coefficient (Wildman–Crippen LogP) is 1.28. The number of rotatable bonds is 1. The summed E-state index contributed by atoms with van der Waals surface area (Å²) in [5.74, 6) is 0.186. The Morgan fingerprint density at radius 1 is 1.28 bits per heavy atom. The van der Waals surface area contributed by atoms with Gasteiger partial charge in [-0.2, -0.15) is 0 Å². The quantitative estimate of drug-likeness (QED) is 0.727. The number of thiocarbonyl (C=S) groups is 1. The zero-order valence-electron chi connectivity index (χ0n) is 9.87. The molecule has 2 atom stereocenters. The molecule has 6 heteroatoms. The Labute approximate surface area is 111 Å². The van der Waals surface area contributed by atoms with Crippen LogP contribution in [0.25, 0.3) is 0 Å². The number of fused-ring (bicyclic) bond motifs is 1. The van der Waals surface area contributed by atoms with Crippen molar-refractivity contribution in [3.63, 3.8) is 0 Å². The number of aryl methyl sites for hydroxylation is 1. The molecule has 0 saturated carbocycles. The van der Waals surface area contributed by atoms with Gasteiger partial charge in [0.2, 0.25) is 0 Å². The van der Waals surface area contributed by atoms with Gasteiger partial charge in [0, 0.05) is 5.69 Å². The summed E-state index contributed by atoms with van der Waals surface area (Å²) in [6.07, 6.45) is -0.316. The molecule has 0 bridgehead atoms. The van der Waals surface area contributed by atoms with Gasteiger partial charge in [0.15, 0.2) is 9.84 Å². The van der Waals surface area contributed by atoms with Crippen molar-refractivity contribution in [2.75, 3.05) is 16.4 Å². The van der Waals surface area contributed by atoms with E-state index < -0.39 is 9.84 Å². The van der Waals surface area contributed by atoms with Gasteiger partial charge in [-0.3, -0.25) is 4.90 Å². The molecule has 0 amide bonds. The Morgan fingerprint density at radius 3 is 2.61 bits per heavy atom. The highest BCUT2D eigenvalue weighted by molar-refractivity contribution is 7.91. The van der Waals surface area contributed by atoms with Crippen LogP contribution in [0.15, 0.2) is 24.3 Å². The van der Waals surface area contributed by atoms with Crippen LogP contribution in [0.5, 0.6) is 0 Å². The van der Waals surface area contributed by atoms with Crippen LogP contribution in [0.2, 0.25) is 0 Å². The van der Waals surface area contributed by atoms with E-state index in [1.807, 2.05) is 36.1 Å². The van der Waals surface area contributed by atoms with Gasteiger partial charge in [0.25, 0.3) is 5.17 Å². The summed E-state index contributed by atoms with van der Waals surface area (Å²) in [5, 5.41) is 0.378. The normalized spacial score (nSPS) is 29.2. The van der Waals surface area contributed by atoms with E-state index in [1.54, 1.807) is 0 Å². The van der Waals surface area contributed by atoms with Gasteiger partial charge >= 0.3 is 0 Å². The second-order valence-corrected chi connectivity index (χ2v) is 7.28. The fraction of sp³-hybridized carbons (Fsp3) is 0.417. The van der Waals surface area contributed by atoms with Crippen molar-refractivity contribution in [2.45, 2.75) is 19.1 Å². The molecule has 3 rings (SSSR count). The van der Waals surface area contributed by atoms with E-state index in [-0.39, 0.29) is 23.7 Å². The molecule has 0 aromatic heterocycles. The zero-order chi connectivity index (χ0) is 12.9. The van der Waals surface area contributed by atoms with E-state index in [4.69, 9.17) is 17.0 Å². The van der Waals surface area contributed by atoms with Crippen molar-refractivity contribution >= 4 is 32.9 Å². The Morgan fingerprint density at radius 2 is 1.94 bits per heavy atom. The number of hydrogen-bond acceptors (Lipinski definition) is 4. The van der Waals surface area contributed by atoms with Gasteiger partial charge in [0.05, 0.1) is 17.5 Å². The molecule has 0 aliphatic carbocycles. The number of ether oxygens (including phenoxy) is 1. The molecule has 4 nitrogen and oxygen atoms in total. The van der Waals surface area contributed by atoms with Gasteiger partial charge < -0.3 is 4.74 Å². The smallest absolute Gasteiger partial charge is 0.264 e. The van der Waals surface area contributed by atoms with Gasteiger partial charge in [-0.05, 0) is 31.3 Å². The van der Waals surface area contributed by atoms with Crippen LogP contribution in [-0.4, -0.2) is 37.2 Å². The van der Waals surface area contributed by atoms with Crippen molar-refractivity contribution in [3.05, 3.63) is 29.8 Å². The molecule has 2 saturated heterocycles. The van der Waals surface area contributed by atoms with Gasteiger partial charge in [-0.1, -0.05) is 17.7 Å². The van der Waals surface area contributed by atoms with Crippen molar-refractivity contribution in [1.29, 1.82) is 0 Å². The topological polar surface area (TPSA) is 46.6 Å². The second-order valence-electron chi connectivity index (χ2n) is 4.77. The number of sulfone groups is 1. The minimum absolute atomic E-state index is 0.0696. The van der Waals surface area contributed by atoms with Gasteiger partial charge in [0.1, 0.15) is 6.10 Å². The first kappa shape index (κ1) is 11.9. The molecule has 96 valence electrons. The summed E-state index contributed by atoms with van der Waals surface area (Å²) in [6, 6.07) is 7.67. The van der Waals surface area contributed by atoms with Gasteiger partial charge in [-0.15, -0.1) is 0 Å².